The summed E-state index contributed by atoms with van der Waals surface area (Å²) < 4.78 is 0. The van der Waals surface area contributed by atoms with Gasteiger partial charge in [0, 0.05) is 30.9 Å². The summed E-state index contributed by atoms with van der Waals surface area (Å²) in [5.41, 5.74) is 3.79. The third-order valence-electron chi connectivity index (χ3n) is 4.27. The van der Waals surface area contributed by atoms with Crippen molar-refractivity contribution in [3.05, 3.63) is 106 Å². The molecule has 0 saturated carbocycles. The lowest BCUT2D eigenvalue weighted by Crippen LogP contribution is -2.24. The SMILES string of the molecule is O=C(Cc1ccc(NCc2cccc([N+](=O)[O-])c2)cc1)NCc1ccccc1. The highest BCUT2D eigenvalue weighted by molar-refractivity contribution is 5.78. The number of amides is 1. The third kappa shape index (κ3) is 5.67. The third-order valence-corrected chi connectivity index (χ3v) is 4.27. The molecular weight excluding hydrogens is 354 g/mol. The number of nitro benzene ring substituents is 1. The summed E-state index contributed by atoms with van der Waals surface area (Å²) in [4.78, 5) is 22.5. The first-order valence-corrected chi connectivity index (χ1v) is 8.97. The quantitative estimate of drug-likeness (QED) is 0.459. The van der Waals surface area contributed by atoms with E-state index in [-0.39, 0.29) is 11.6 Å². The molecule has 0 atom stereocenters. The molecule has 2 N–H and O–H groups in total. The van der Waals surface area contributed by atoms with Crippen LogP contribution in [0, 0.1) is 10.1 Å². The minimum Gasteiger partial charge on any atom is -0.381 e. The van der Waals surface area contributed by atoms with E-state index in [2.05, 4.69) is 10.6 Å². The van der Waals surface area contributed by atoms with E-state index in [1.807, 2.05) is 60.7 Å². The molecule has 0 heterocycles. The van der Waals surface area contributed by atoms with Gasteiger partial charge in [-0.2, -0.15) is 0 Å². The van der Waals surface area contributed by atoms with Crippen LogP contribution in [0.5, 0.6) is 0 Å². The number of hydrogen-bond donors (Lipinski definition) is 2. The zero-order valence-electron chi connectivity index (χ0n) is 15.3. The van der Waals surface area contributed by atoms with Crippen molar-refractivity contribution in [3.8, 4) is 0 Å². The molecular formula is C22H21N3O3. The van der Waals surface area contributed by atoms with Crippen molar-refractivity contribution < 1.29 is 9.72 Å². The number of non-ortho nitro benzene ring substituents is 1. The van der Waals surface area contributed by atoms with E-state index in [1.54, 1.807) is 12.1 Å². The Labute approximate surface area is 163 Å². The lowest BCUT2D eigenvalue weighted by atomic mass is 10.1. The molecule has 3 aromatic carbocycles. The summed E-state index contributed by atoms with van der Waals surface area (Å²) in [6, 6.07) is 23.9. The molecule has 0 radical (unpaired) electrons. The van der Waals surface area contributed by atoms with Crippen LogP contribution in [0.25, 0.3) is 0 Å². The van der Waals surface area contributed by atoms with E-state index in [4.69, 9.17) is 0 Å². The highest BCUT2D eigenvalue weighted by Crippen LogP contribution is 2.16. The van der Waals surface area contributed by atoms with Gasteiger partial charge in [-0.05, 0) is 28.8 Å². The van der Waals surface area contributed by atoms with Crippen LogP contribution in [0.3, 0.4) is 0 Å². The van der Waals surface area contributed by atoms with Crippen LogP contribution < -0.4 is 10.6 Å². The number of carbonyl (C=O) groups excluding carboxylic acids is 1. The predicted molar refractivity (Wildman–Crippen MR) is 109 cm³/mol. The Hall–Kier alpha value is -3.67. The number of benzene rings is 3. The van der Waals surface area contributed by atoms with Crippen LogP contribution in [-0.2, 0) is 24.3 Å². The van der Waals surface area contributed by atoms with Gasteiger partial charge in [0.2, 0.25) is 5.91 Å². The average Bonchev–Trinajstić information content (AvgIpc) is 2.73. The normalized spacial score (nSPS) is 10.3. The first kappa shape index (κ1) is 19.1. The topological polar surface area (TPSA) is 84.3 Å². The Balaban J connectivity index is 1.48. The lowest BCUT2D eigenvalue weighted by Gasteiger charge is -2.08. The number of rotatable bonds is 8. The first-order valence-electron chi connectivity index (χ1n) is 8.97. The number of nitrogens with one attached hydrogen (secondary N) is 2. The summed E-state index contributed by atoms with van der Waals surface area (Å²) in [6.07, 6.45) is 0.317. The smallest absolute Gasteiger partial charge is 0.269 e. The molecule has 0 spiro atoms. The molecule has 0 aliphatic carbocycles. The zero-order chi connectivity index (χ0) is 19.8. The molecule has 3 rings (SSSR count). The van der Waals surface area contributed by atoms with E-state index in [9.17, 15) is 14.9 Å². The van der Waals surface area contributed by atoms with Gasteiger partial charge in [0.1, 0.15) is 0 Å². The number of nitro groups is 1. The van der Waals surface area contributed by atoms with Gasteiger partial charge in [-0.25, -0.2) is 0 Å². The highest BCUT2D eigenvalue weighted by Gasteiger charge is 2.06. The van der Waals surface area contributed by atoms with Gasteiger partial charge in [0.15, 0.2) is 0 Å². The fraction of sp³-hybridized carbons (Fsp3) is 0.136. The predicted octanol–water partition coefficient (Wildman–Crippen LogP) is 4.07. The molecule has 28 heavy (non-hydrogen) atoms. The second kappa shape index (κ2) is 9.32. The van der Waals surface area contributed by atoms with E-state index >= 15 is 0 Å². The lowest BCUT2D eigenvalue weighted by molar-refractivity contribution is -0.384. The molecule has 0 bridgehead atoms. The van der Waals surface area contributed by atoms with Crippen molar-refractivity contribution in [1.82, 2.24) is 5.32 Å². The molecule has 6 heteroatoms. The van der Waals surface area contributed by atoms with Crippen molar-refractivity contribution in [1.29, 1.82) is 0 Å². The van der Waals surface area contributed by atoms with Crippen LogP contribution in [0.15, 0.2) is 78.9 Å². The van der Waals surface area contributed by atoms with E-state index in [0.29, 0.717) is 19.5 Å². The Morgan fingerprint density at radius 2 is 1.54 bits per heavy atom. The van der Waals surface area contributed by atoms with Gasteiger partial charge < -0.3 is 10.6 Å². The zero-order valence-corrected chi connectivity index (χ0v) is 15.3. The van der Waals surface area contributed by atoms with Gasteiger partial charge in [0.05, 0.1) is 11.3 Å². The maximum atomic E-state index is 12.1. The first-order chi connectivity index (χ1) is 13.6. The summed E-state index contributed by atoms with van der Waals surface area (Å²) in [7, 11) is 0. The molecule has 142 valence electrons. The molecule has 0 fully saturated rings. The number of carbonyl (C=O) groups is 1. The summed E-state index contributed by atoms with van der Waals surface area (Å²) >= 11 is 0. The fourth-order valence-corrected chi connectivity index (χ4v) is 2.77. The van der Waals surface area contributed by atoms with Gasteiger partial charge in [-0.3, -0.25) is 14.9 Å². The summed E-state index contributed by atoms with van der Waals surface area (Å²) in [6.45, 7) is 1.00. The Morgan fingerprint density at radius 3 is 2.25 bits per heavy atom. The van der Waals surface area contributed by atoms with Gasteiger partial charge in [-0.1, -0.05) is 54.6 Å². The molecule has 1 amide bonds. The molecule has 3 aromatic rings. The second-order valence-corrected chi connectivity index (χ2v) is 6.42. The van der Waals surface area contributed by atoms with Crippen LogP contribution in [-0.4, -0.2) is 10.8 Å². The van der Waals surface area contributed by atoms with Crippen molar-refractivity contribution >= 4 is 17.3 Å². The minimum atomic E-state index is -0.402. The van der Waals surface area contributed by atoms with Gasteiger partial charge >= 0.3 is 0 Å². The Kier molecular flexibility index (Phi) is 6.36. The Morgan fingerprint density at radius 1 is 0.821 bits per heavy atom. The standard InChI is InChI=1S/C22H21N3O3/c26-22(24-15-18-5-2-1-3-6-18)14-17-9-11-20(12-10-17)23-16-19-7-4-8-21(13-19)25(27)28/h1-13,23H,14-16H2,(H,24,26). The van der Waals surface area contributed by atoms with Crippen molar-refractivity contribution in [2.24, 2.45) is 0 Å². The van der Waals surface area contributed by atoms with E-state index in [0.717, 1.165) is 22.4 Å². The van der Waals surface area contributed by atoms with Crippen LogP contribution in [0.4, 0.5) is 11.4 Å². The van der Waals surface area contributed by atoms with Crippen LogP contribution in [0.1, 0.15) is 16.7 Å². The average molecular weight is 375 g/mol. The minimum absolute atomic E-state index is 0.0267. The van der Waals surface area contributed by atoms with Crippen LogP contribution >= 0.6 is 0 Å². The molecule has 0 saturated heterocycles. The molecule has 6 nitrogen and oxygen atoms in total. The second-order valence-electron chi connectivity index (χ2n) is 6.42. The van der Waals surface area contributed by atoms with Crippen molar-refractivity contribution in [3.63, 3.8) is 0 Å². The Bertz CT molecular complexity index is 941. The van der Waals surface area contributed by atoms with E-state index in [1.165, 1.54) is 6.07 Å². The fourth-order valence-electron chi connectivity index (χ4n) is 2.77. The van der Waals surface area contributed by atoms with Crippen molar-refractivity contribution in [2.45, 2.75) is 19.5 Å². The molecule has 0 unspecified atom stereocenters. The molecule has 0 aromatic heterocycles. The number of nitrogens with zero attached hydrogens (tertiary/aromatic N) is 1. The van der Waals surface area contributed by atoms with Gasteiger partial charge in [0.25, 0.3) is 5.69 Å². The van der Waals surface area contributed by atoms with Crippen LogP contribution in [0.2, 0.25) is 0 Å². The molecule has 0 aliphatic heterocycles. The maximum Gasteiger partial charge on any atom is 0.269 e. The number of anilines is 1. The van der Waals surface area contributed by atoms with Gasteiger partial charge in [-0.15, -0.1) is 0 Å². The highest BCUT2D eigenvalue weighted by atomic mass is 16.6. The summed E-state index contributed by atoms with van der Waals surface area (Å²) in [5, 5.41) is 17.0. The molecule has 0 aliphatic rings. The number of hydrogen-bond acceptors (Lipinski definition) is 4. The van der Waals surface area contributed by atoms with Crippen molar-refractivity contribution in [2.75, 3.05) is 5.32 Å². The monoisotopic (exact) mass is 375 g/mol. The van der Waals surface area contributed by atoms with E-state index < -0.39 is 4.92 Å². The largest absolute Gasteiger partial charge is 0.381 e. The maximum absolute atomic E-state index is 12.1. The summed E-state index contributed by atoms with van der Waals surface area (Å²) in [5.74, 6) is -0.0267.